The number of carbonyl (C=O) groups is 1. The van der Waals surface area contributed by atoms with Crippen LogP contribution in [-0.4, -0.2) is 33.9 Å². The summed E-state index contributed by atoms with van der Waals surface area (Å²) in [6, 6.07) is 0. The molecule has 0 bridgehead atoms. The Hall–Kier alpha value is -1.73. The SMILES string of the molecule is O=C(OC(F)(F)F)N1CCc2nc[nH]c2C1. The number of H-pyrrole nitrogens is 1. The van der Waals surface area contributed by atoms with E-state index in [9.17, 15) is 18.0 Å². The minimum atomic E-state index is -4.94. The number of ether oxygens (including phenoxy) is 1. The summed E-state index contributed by atoms with van der Waals surface area (Å²) in [6.07, 6.45) is -4.45. The van der Waals surface area contributed by atoms with Crippen LogP contribution >= 0.6 is 0 Å². The number of nitrogens with zero attached hydrogens (tertiary/aromatic N) is 2. The lowest BCUT2D eigenvalue weighted by Gasteiger charge is -2.25. The van der Waals surface area contributed by atoms with Gasteiger partial charge in [-0.2, -0.15) is 0 Å². The van der Waals surface area contributed by atoms with Gasteiger partial charge < -0.3 is 14.6 Å². The fraction of sp³-hybridized carbons (Fsp3) is 0.500. The van der Waals surface area contributed by atoms with Crippen LogP contribution < -0.4 is 0 Å². The average Bonchev–Trinajstić information content (AvgIpc) is 2.61. The number of aromatic amines is 1. The van der Waals surface area contributed by atoms with E-state index in [-0.39, 0.29) is 13.1 Å². The summed E-state index contributed by atoms with van der Waals surface area (Å²) >= 11 is 0. The van der Waals surface area contributed by atoms with Gasteiger partial charge in [-0.25, -0.2) is 9.78 Å². The number of amides is 1. The van der Waals surface area contributed by atoms with Crippen molar-refractivity contribution in [3.63, 3.8) is 0 Å². The van der Waals surface area contributed by atoms with Crippen molar-refractivity contribution in [1.82, 2.24) is 14.9 Å². The van der Waals surface area contributed by atoms with Gasteiger partial charge in [-0.05, 0) is 0 Å². The smallest absolute Gasteiger partial charge is 0.356 e. The third kappa shape index (κ3) is 2.26. The van der Waals surface area contributed by atoms with E-state index in [1.54, 1.807) is 0 Å². The molecule has 1 aromatic heterocycles. The van der Waals surface area contributed by atoms with Gasteiger partial charge in [-0.1, -0.05) is 0 Å². The van der Waals surface area contributed by atoms with E-state index in [1.807, 2.05) is 0 Å². The Bertz CT molecular complexity index is 401. The molecule has 0 radical (unpaired) electrons. The Balaban J connectivity index is 2.01. The van der Waals surface area contributed by atoms with Crippen molar-refractivity contribution in [2.45, 2.75) is 19.3 Å². The summed E-state index contributed by atoms with van der Waals surface area (Å²) in [4.78, 5) is 18.8. The number of fused-ring (bicyclic) bond motifs is 1. The number of alkyl halides is 3. The predicted octanol–water partition coefficient (Wildman–Crippen LogP) is 1.42. The molecule has 0 fully saturated rings. The van der Waals surface area contributed by atoms with Crippen molar-refractivity contribution < 1.29 is 22.7 Å². The quantitative estimate of drug-likeness (QED) is 0.739. The summed E-state index contributed by atoms with van der Waals surface area (Å²) < 4.78 is 38.7. The molecule has 1 amide bonds. The molecule has 0 aromatic carbocycles. The first-order valence-electron chi connectivity index (χ1n) is 4.51. The van der Waals surface area contributed by atoms with Crippen LogP contribution in [0.25, 0.3) is 0 Å². The van der Waals surface area contributed by atoms with E-state index < -0.39 is 12.5 Å². The van der Waals surface area contributed by atoms with Gasteiger partial charge in [0.05, 0.1) is 24.3 Å². The predicted molar refractivity (Wildman–Crippen MR) is 45.2 cm³/mol. The first kappa shape index (κ1) is 10.8. The Morgan fingerprint density at radius 3 is 3.00 bits per heavy atom. The van der Waals surface area contributed by atoms with Crippen LogP contribution in [-0.2, 0) is 17.7 Å². The highest BCUT2D eigenvalue weighted by atomic mass is 19.4. The molecule has 8 heteroatoms. The third-order valence-electron chi connectivity index (χ3n) is 2.24. The number of aromatic nitrogens is 2. The van der Waals surface area contributed by atoms with Gasteiger partial charge in [0.25, 0.3) is 0 Å². The maximum Gasteiger partial charge on any atom is 0.576 e. The standard InChI is InChI=1S/C8H8F3N3O2/c9-8(10,11)16-7(15)14-2-1-5-6(3-14)13-4-12-5/h4H,1-3H2,(H,12,13). The second-order valence-electron chi connectivity index (χ2n) is 3.31. The Morgan fingerprint density at radius 2 is 2.31 bits per heavy atom. The van der Waals surface area contributed by atoms with E-state index in [0.717, 1.165) is 10.6 Å². The molecule has 88 valence electrons. The molecule has 0 aliphatic carbocycles. The van der Waals surface area contributed by atoms with Crippen LogP contribution in [0.4, 0.5) is 18.0 Å². The van der Waals surface area contributed by atoms with E-state index in [1.165, 1.54) is 6.33 Å². The van der Waals surface area contributed by atoms with Crippen molar-refractivity contribution in [1.29, 1.82) is 0 Å². The zero-order chi connectivity index (χ0) is 11.8. The number of hydrogen-bond donors (Lipinski definition) is 1. The van der Waals surface area contributed by atoms with Crippen molar-refractivity contribution in [2.24, 2.45) is 0 Å². The molecule has 1 aromatic rings. The highest BCUT2D eigenvalue weighted by molar-refractivity contribution is 5.68. The van der Waals surface area contributed by atoms with Crippen LogP contribution in [0, 0.1) is 0 Å². The van der Waals surface area contributed by atoms with Gasteiger partial charge in [0.15, 0.2) is 0 Å². The summed E-state index contributed by atoms with van der Waals surface area (Å²) in [5.41, 5.74) is 1.42. The topological polar surface area (TPSA) is 58.2 Å². The lowest BCUT2D eigenvalue weighted by atomic mass is 10.1. The molecule has 5 nitrogen and oxygen atoms in total. The number of hydrogen-bond acceptors (Lipinski definition) is 3. The molecule has 0 unspecified atom stereocenters. The molecule has 1 aliphatic heterocycles. The first-order valence-corrected chi connectivity index (χ1v) is 4.51. The summed E-state index contributed by atoms with van der Waals surface area (Å²) in [5, 5.41) is 0. The maximum atomic E-state index is 11.8. The van der Waals surface area contributed by atoms with E-state index in [4.69, 9.17) is 0 Å². The molecule has 0 spiro atoms. The van der Waals surface area contributed by atoms with Crippen molar-refractivity contribution in [3.8, 4) is 0 Å². The van der Waals surface area contributed by atoms with Crippen molar-refractivity contribution in [3.05, 3.63) is 17.7 Å². The second-order valence-corrected chi connectivity index (χ2v) is 3.31. The minimum absolute atomic E-state index is 0.0598. The van der Waals surface area contributed by atoms with Gasteiger partial charge in [0, 0.05) is 13.0 Å². The molecule has 1 N–H and O–H groups in total. The maximum absolute atomic E-state index is 11.8. The Kier molecular flexibility index (Phi) is 2.49. The molecular weight excluding hydrogens is 227 g/mol. The number of nitrogens with one attached hydrogen (secondary N) is 1. The molecule has 1 aliphatic rings. The Labute approximate surface area is 88.2 Å². The lowest BCUT2D eigenvalue weighted by Crippen LogP contribution is -2.38. The fourth-order valence-electron chi connectivity index (χ4n) is 1.53. The number of carbonyl (C=O) groups excluding carboxylic acids is 1. The summed E-state index contributed by atoms with van der Waals surface area (Å²) in [6.45, 7) is 0.233. The van der Waals surface area contributed by atoms with Gasteiger partial charge in [-0.15, -0.1) is 13.2 Å². The zero-order valence-corrected chi connectivity index (χ0v) is 8.04. The highest BCUT2D eigenvalue weighted by Gasteiger charge is 2.37. The molecule has 2 heterocycles. The highest BCUT2D eigenvalue weighted by Crippen LogP contribution is 2.21. The van der Waals surface area contributed by atoms with Gasteiger partial charge in [-0.3, -0.25) is 0 Å². The Morgan fingerprint density at radius 1 is 1.56 bits per heavy atom. The molecule has 0 saturated heterocycles. The van der Waals surface area contributed by atoms with E-state index in [0.29, 0.717) is 12.1 Å². The number of halogens is 3. The van der Waals surface area contributed by atoms with Crippen LogP contribution in [0.2, 0.25) is 0 Å². The molecular formula is C8H8F3N3O2. The van der Waals surface area contributed by atoms with Crippen LogP contribution in [0.15, 0.2) is 6.33 Å². The molecule has 16 heavy (non-hydrogen) atoms. The van der Waals surface area contributed by atoms with Crippen LogP contribution in [0.5, 0.6) is 0 Å². The van der Waals surface area contributed by atoms with Gasteiger partial charge in [0.2, 0.25) is 0 Å². The van der Waals surface area contributed by atoms with Crippen LogP contribution in [0.1, 0.15) is 11.4 Å². The summed E-state index contributed by atoms with van der Waals surface area (Å²) in [7, 11) is 0. The first-order chi connectivity index (χ1) is 7.46. The van der Waals surface area contributed by atoms with Gasteiger partial charge in [0.1, 0.15) is 0 Å². The van der Waals surface area contributed by atoms with Crippen molar-refractivity contribution >= 4 is 6.09 Å². The summed E-state index contributed by atoms with van der Waals surface area (Å²) in [5.74, 6) is 0. The molecule has 0 saturated carbocycles. The zero-order valence-electron chi connectivity index (χ0n) is 8.04. The number of imidazole rings is 1. The largest absolute Gasteiger partial charge is 0.576 e. The monoisotopic (exact) mass is 235 g/mol. The normalized spacial score (nSPS) is 15.8. The average molecular weight is 235 g/mol. The third-order valence-corrected chi connectivity index (χ3v) is 2.24. The van der Waals surface area contributed by atoms with E-state index >= 15 is 0 Å². The van der Waals surface area contributed by atoms with Crippen LogP contribution in [0.3, 0.4) is 0 Å². The van der Waals surface area contributed by atoms with Crippen molar-refractivity contribution in [2.75, 3.05) is 6.54 Å². The minimum Gasteiger partial charge on any atom is -0.356 e. The van der Waals surface area contributed by atoms with Gasteiger partial charge >= 0.3 is 12.5 Å². The molecule has 2 rings (SSSR count). The fourth-order valence-corrected chi connectivity index (χ4v) is 1.53. The second kappa shape index (κ2) is 3.69. The molecule has 0 atom stereocenters. The lowest BCUT2D eigenvalue weighted by molar-refractivity contribution is -0.295. The number of rotatable bonds is 0. The van der Waals surface area contributed by atoms with E-state index in [2.05, 4.69) is 14.7 Å².